The van der Waals surface area contributed by atoms with Gasteiger partial charge in [0.2, 0.25) is 0 Å². The second kappa shape index (κ2) is 46.9. The average Bonchev–Trinajstić information content (AvgIpc) is 1.17. The molecule has 19 nitrogen and oxygen atoms in total. The molecule has 0 N–H and O–H groups in total. The van der Waals surface area contributed by atoms with Crippen molar-refractivity contribution >= 4 is 24.1 Å². The third-order valence-electron chi connectivity index (χ3n) is 12.9. The molecule has 0 heterocycles. The summed E-state index contributed by atoms with van der Waals surface area (Å²) in [6.45, 7) is 30.3. The van der Waals surface area contributed by atoms with Crippen LogP contribution >= 0.6 is 0 Å². The summed E-state index contributed by atoms with van der Waals surface area (Å²) in [7, 11) is 0. The van der Waals surface area contributed by atoms with Crippen LogP contribution in [0.3, 0.4) is 0 Å². The van der Waals surface area contributed by atoms with Gasteiger partial charge in [-0.3, -0.25) is 0 Å². The Labute approximate surface area is 535 Å². The maximum Gasteiger partial charge on any atom is 0.336 e. The lowest BCUT2D eigenvalue weighted by Crippen LogP contribution is -2.08. The van der Waals surface area contributed by atoms with E-state index in [4.69, 9.17) is 82.0 Å². The van der Waals surface area contributed by atoms with E-state index in [-0.39, 0.29) is 13.2 Å². The second-order valence-corrected chi connectivity index (χ2v) is 19.8. The number of hydrogen-bond acceptors (Lipinski definition) is 19. The highest BCUT2D eigenvalue weighted by Gasteiger charge is 2.19. The van der Waals surface area contributed by atoms with Gasteiger partial charge in [0.15, 0.2) is 40.3 Å². The lowest BCUT2D eigenvalue weighted by atomic mass is 9.99. The molecule has 91 heavy (non-hydrogen) atoms. The molecule has 19 heteroatoms. The molecule has 490 valence electrons. The minimum absolute atomic E-state index is 0.251. The van der Waals surface area contributed by atoms with Gasteiger partial charge in [-0.15, -0.1) is 0 Å². The molecule has 0 spiro atoms. The summed E-state index contributed by atoms with van der Waals surface area (Å²) in [5, 5.41) is 9.57. The molecule has 4 rings (SSSR count). The number of allylic oxidation sites excluding steroid dienone is 3. The number of ether oxygens (including phenoxy) is 9. The van der Waals surface area contributed by atoms with Crippen LogP contribution in [0, 0.1) is 0 Å². The molecule has 0 unspecified atom stereocenters. The van der Waals surface area contributed by atoms with Crippen LogP contribution < -0.4 is 28.4 Å². The van der Waals surface area contributed by atoms with Gasteiger partial charge in [-0.2, -0.15) is 14.7 Å². The zero-order valence-electron chi connectivity index (χ0n) is 52.9. The van der Waals surface area contributed by atoms with Gasteiger partial charge in [0.25, 0.3) is 0 Å². The predicted molar refractivity (Wildman–Crippen MR) is 346 cm³/mol. The first-order valence-corrected chi connectivity index (χ1v) is 30.4. The molecular formula is C72H88O19. The first kappa shape index (κ1) is 74.3. The fourth-order valence-corrected chi connectivity index (χ4v) is 8.06. The summed E-state index contributed by atoms with van der Waals surface area (Å²) >= 11 is 0. The number of unbranched alkanes of at least 4 members (excludes halogenated alkanes) is 6. The van der Waals surface area contributed by atoms with Crippen molar-refractivity contribution in [1.82, 2.24) is 0 Å². The lowest BCUT2D eigenvalue weighted by Gasteiger charge is -2.19. The smallest absolute Gasteiger partial charge is 0.336 e. The minimum Gasteiger partial charge on any atom is -0.502 e. The van der Waals surface area contributed by atoms with Gasteiger partial charge in [0.1, 0.15) is 11.5 Å². The molecule has 0 saturated carbocycles. The first-order valence-electron chi connectivity index (χ1n) is 30.4. The van der Waals surface area contributed by atoms with Crippen LogP contribution in [0.15, 0.2) is 178 Å². The van der Waals surface area contributed by atoms with Gasteiger partial charge < -0.3 is 57.3 Å². The van der Waals surface area contributed by atoms with Crippen molar-refractivity contribution in [2.75, 3.05) is 66.1 Å². The summed E-state index contributed by atoms with van der Waals surface area (Å²) < 4.78 is 53.1. The Morgan fingerprint density at radius 3 is 1.32 bits per heavy atom. The summed E-state index contributed by atoms with van der Waals surface area (Å²) in [5.41, 5.74) is 12.5. The monoisotopic (exact) mass is 1260 g/mol. The zero-order valence-corrected chi connectivity index (χ0v) is 52.9. The summed E-state index contributed by atoms with van der Waals surface area (Å²) in [5.74, 6) is 2.82. The summed E-state index contributed by atoms with van der Waals surface area (Å²) in [6, 6.07) is 21.7. The van der Waals surface area contributed by atoms with Crippen molar-refractivity contribution in [3.05, 3.63) is 200 Å². The van der Waals surface area contributed by atoms with Crippen molar-refractivity contribution in [2.24, 2.45) is 0 Å². The molecule has 0 bridgehead atoms. The van der Waals surface area contributed by atoms with Crippen LogP contribution in [0.4, 0.5) is 0 Å². The Hall–Kier alpha value is -9.12. The highest BCUT2D eigenvalue weighted by atomic mass is 17.5. The molecule has 0 amide bonds. The number of rotatable bonds is 52. The molecule has 0 saturated heterocycles. The van der Waals surface area contributed by atoms with E-state index >= 15 is 0 Å². The molecule has 4 aromatic rings. The number of aryl methyl sites for hydroxylation is 1. The SMILES string of the molecule is C=C=C(C)OOCCCCOc1c(CCCCOOOC(C)=C=C)ccc(/C=C/C(=O)Oc2ccc(-c3ccc(OC(=O)/C=C/c4ccc(OCCCCOC=C)c(OCCCCOC=C)c4CCCCOOOC(C)=C=C)cc3)cc2)c1OCCCCOC=C. The third kappa shape index (κ3) is 31.3. The summed E-state index contributed by atoms with van der Waals surface area (Å²) in [6.07, 6.45) is 19.9. The van der Waals surface area contributed by atoms with Gasteiger partial charge in [0, 0.05) is 44.1 Å². The highest BCUT2D eigenvalue weighted by molar-refractivity contribution is 5.90. The maximum atomic E-state index is 13.4. The van der Waals surface area contributed by atoms with Gasteiger partial charge in [-0.05, 0) is 165 Å². The maximum absolute atomic E-state index is 13.4. The lowest BCUT2D eigenvalue weighted by molar-refractivity contribution is -0.495. The van der Waals surface area contributed by atoms with E-state index in [1.807, 2.05) is 48.5 Å². The normalized spacial score (nSPS) is 10.7. The Morgan fingerprint density at radius 1 is 0.407 bits per heavy atom. The molecule has 0 atom stereocenters. The van der Waals surface area contributed by atoms with E-state index in [1.54, 1.807) is 57.2 Å². The van der Waals surface area contributed by atoms with Gasteiger partial charge >= 0.3 is 11.9 Å². The highest BCUT2D eigenvalue weighted by Crippen LogP contribution is 2.39. The number of hydrogen-bond donors (Lipinski definition) is 0. The molecule has 0 aliphatic rings. The van der Waals surface area contributed by atoms with E-state index in [2.05, 4.69) is 56.7 Å². The van der Waals surface area contributed by atoms with Crippen molar-refractivity contribution < 1.29 is 91.6 Å². The van der Waals surface area contributed by atoms with Gasteiger partial charge in [-0.1, -0.05) is 99.1 Å². The first-order chi connectivity index (χ1) is 44.5. The largest absolute Gasteiger partial charge is 0.502 e. The van der Waals surface area contributed by atoms with Crippen LogP contribution in [-0.4, -0.2) is 78.0 Å². The van der Waals surface area contributed by atoms with Crippen molar-refractivity contribution in [3.8, 4) is 45.6 Å². The van der Waals surface area contributed by atoms with Crippen molar-refractivity contribution in [2.45, 2.75) is 111 Å². The number of esters is 2. The molecular weight excluding hydrogens is 1170 g/mol. The molecule has 0 aromatic heterocycles. The van der Waals surface area contributed by atoms with Crippen molar-refractivity contribution in [1.29, 1.82) is 0 Å². The van der Waals surface area contributed by atoms with E-state index < -0.39 is 11.9 Å². The molecule has 0 aliphatic carbocycles. The van der Waals surface area contributed by atoms with Crippen molar-refractivity contribution in [3.63, 3.8) is 0 Å². The van der Waals surface area contributed by atoms with Crippen LogP contribution in [0.2, 0.25) is 0 Å². The van der Waals surface area contributed by atoms with Crippen LogP contribution in [0.1, 0.15) is 120 Å². The fraction of sp³-hybridized carbons (Fsp3) is 0.375. The Morgan fingerprint density at radius 2 is 0.813 bits per heavy atom. The fourth-order valence-electron chi connectivity index (χ4n) is 8.06. The van der Waals surface area contributed by atoms with E-state index in [1.165, 1.54) is 30.9 Å². The van der Waals surface area contributed by atoms with Crippen LogP contribution in [0.25, 0.3) is 23.3 Å². The quantitative estimate of drug-likeness (QED) is 0.00592. The Kier molecular flexibility index (Phi) is 38.3. The van der Waals surface area contributed by atoms with Crippen LogP contribution in [-0.2, 0) is 76.0 Å². The minimum atomic E-state index is -0.605. The molecule has 4 aromatic carbocycles. The van der Waals surface area contributed by atoms with Gasteiger partial charge in [0.05, 0.1) is 84.9 Å². The Balaban J connectivity index is 1.47. The summed E-state index contributed by atoms with van der Waals surface area (Å²) in [4.78, 5) is 57.4. The predicted octanol–water partition coefficient (Wildman–Crippen LogP) is 16.1. The number of carbonyl (C=O) groups excluding carboxylic acids is 2. The number of benzene rings is 4. The van der Waals surface area contributed by atoms with Gasteiger partial charge in [-0.25, -0.2) is 9.59 Å². The standard InChI is InChI=1S/C72H88O19/c1-10-56(7)87-82-53-27-26-51-79-70-62(28-16-18-54-83-90-88-57(8)11-2)30-31-63(71(70)80-50-24-21-47-76-14-5)38-45-69(74)86-65-41-34-60(35-42-65)59-32-39-64(40-33-59)85-68(73)44-37-61-36-43-67(78-49-23-20-46-75-13-4)72(81-52-25-22-48-77-15-6)66(61)29-17-19-55-84-91-89-58(9)12-3/h13-15,30-45H,1-6,16-29,46-55H2,7-9H3/b44-37+,45-38+. The third-order valence-corrected chi connectivity index (χ3v) is 12.9. The van der Waals surface area contributed by atoms with E-state index in [9.17, 15) is 9.59 Å². The second-order valence-electron chi connectivity index (χ2n) is 19.8. The number of carbonyl (C=O) groups is 2. The van der Waals surface area contributed by atoms with Crippen LogP contribution in [0.5, 0.6) is 34.5 Å². The Bertz CT molecular complexity index is 3030. The topological polar surface area (TPSA) is 191 Å². The van der Waals surface area contributed by atoms with E-state index in [0.29, 0.717) is 162 Å². The zero-order chi connectivity index (χ0) is 65.4. The molecule has 0 aliphatic heterocycles. The van der Waals surface area contributed by atoms with E-state index in [0.717, 1.165) is 66.3 Å². The average molecular weight is 1260 g/mol. The molecule has 0 fully saturated rings. The molecule has 0 radical (unpaired) electrons.